The van der Waals surface area contributed by atoms with Gasteiger partial charge < -0.3 is 19.4 Å². The van der Waals surface area contributed by atoms with E-state index in [2.05, 4.69) is 26.8 Å². The lowest BCUT2D eigenvalue weighted by Crippen LogP contribution is -2.45. The van der Waals surface area contributed by atoms with Crippen molar-refractivity contribution in [2.75, 3.05) is 64.4 Å². The lowest BCUT2D eigenvalue weighted by Gasteiger charge is -2.34. The molecule has 2 fully saturated rings. The van der Waals surface area contributed by atoms with Crippen LogP contribution >= 0.6 is 0 Å². The molecule has 2 saturated heterocycles. The van der Waals surface area contributed by atoms with E-state index in [-0.39, 0.29) is 11.8 Å². The lowest BCUT2D eigenvalue weighted by atomic mass is 10.1. The monoisotopic (exact) mass is 345 g/mol. The first-order chi connectivity index (χ1) is 12.2. The van der Waals surface area contributed by atoms with Crippen LogP contribution in [0, 0.1) is 5.92 Å². The number of rotatable bonds is 2. The Morgan fingerprint density at radius 1 is 1.12 bits per heavy atom. The molecule has 1 atom stereocenters. The maximum absolute atomic E-state index is 12.7. The van der Waals surface area contributed by atoms with Gasteiger partial charge in [0.05, 0.1) is 18.2 Å². The van der Waals surface area contributed by atoms with Gasteiger partial charge >= 0.3 is 0 Å². The maximum Gasteiger partial charge on any atom is 0.228 e. The fourth-order valence-corrected chi connectivity index (χ4v) is 4.01. The molecule has 3 aliphatic heterocycles. The molecule has 25 heavy (non-hydrogen) atoms. The normalized spacial score (nSPS) is 24.9. The van der Waals surface area contributed by atoms with Gasteiger partial charge in [0.1, 0.15) is 12.1 Å². The van der Waals surface area contributed by atoms with E-state index in [4.69, 9.17) is 4.74 Å². The van der Waals surface area contributed by atoms with Crippen LogP contribution in [0.5, 0.6) is 0 Å². The van der Waals surface area contributed by atoms with Gasteiger partial charge in [-0.05, 0) is 19.9 Å². The van der Waals surface area contributed by atoms with Crippen LogP contribution in [0.2, 0.25) is 0 Å². The molecule has 0 aromatic carbocycles. The number of ether oxygens (including phenoxy) is 1. The summed E-state index contributed by atoms with van der Waals surface area (Å²) in [5.74, 6) is 1.38. The van der Waals surface area contributed by atoms with E-state index in [1.807, 2.05) is 4.90 Å². The van der Waals surface area contributed by atoms with Crippen molar-refractivity contribution in [2.45, 2.75) is 19.3 Å². The van der Waals surface area contributed by atoms with Crippen molar-refractivity contribution in [1.29, 1.82) is 0 Å². The summed E-state index contributed by atoms with van der Waals surface area (Å²) in [6, 6.07) is 0. The SMILES string of the molecule is CN1CCN(c2ncnc3c2CCN(C(=O)[C@H]2CCOC2)CC3)CC1. The van der Waals surface area contributed by atoms with Gasteiger partial charge in [0.25, 0.3) is 0 Å². The number of hydrogen-bond acceptors (Lipinski definition) is 6. The third-order valence-electron chi connectivity index (χ3n) is 5.66. The average Bonchev–Trinajstić information content (AvgIpc) is 3.08. The van der Waals surface area contributed by atoms with Gasteiger partial charge in [-0.2, -0.15) is 0 Å². The molecule has 7 heteroatoms. The predicted molar refractivity (Wildman–Crippen MR) is 94.7 cm³/mol. The molecule has 136 valence electrons. The summed E-state index contributed by atoms with van der Waals surface area (Å²) < 4.78 is 5.39. The van der Waals surface area contributed by atoms with Crippen molar-refractivity contribution in [3.63, 3.8) is 0 Å². The number of fused-ring (bicyclic) bond motifs is 1. The minimum Gasteiger partial charge on any atom is -0.381 e. The van der Waals surface area contributed by atoms with Crippen LogP contribution < -0.4 is 4.90 Å². The predicted octanol–water partition coefficient (Wildman–Crippen LogP) is 0.192. The maximum atomic E-state index is 12.7. The molecular formula is C18H27N5O2. The molecule has 7 nitrogen and oxygen atoms in total. The number of hydrogen-bond donors (Lipinski definition) is 0. The molecule has 4 heterocycles. The molecule has 0 aliphatic carbocycles. The summed E-state index contributed by atoms with van der Waals surface area (Å²) in [7, 11) is 2.16. The Labute approximate surface area is 149 Å². The summed E-state index contributed by atoms with van der Waals surface area (Å²) >= 11 is 0. The zero-order chi connectivity index (χ0) is 17.2. The third kappa shape index (κ3) is 3.48. The van der Waals surface area contributed by atoms with Crippen LogP contribution in [-0.2, 0) is 22.4 Å². The number of nitrogens with zero attached hydrogens (tertiary/aromatic N) is 5. The Hall–Kier alpha value is -1.73. The molecule has 0 saturated carbocycles. The van der Waals surface area contributed by atoms with Crippen LogP contribution in [0.3, 0.4) is 0 Å². The van der Waals surface area contributed by atoms with Crippen molar-refractivity contribution in [1.82, 2.24) is 19.8 Å². The second-order valence-corrected chi connectivity index (χ2v) is 7.30. The fraction of sp³-hybridized carbons (Fsp3) is 0.722. The molecule has 0 radical (unpaired) electrons. The second-order valence-electron chi connectivity index (χ2n) is 7.30. The van der Waals surface area contributed by atoms with Gasteiger partial charge in [-0.25, -0.2) is 9.97 Å². The molecule has 0 bridgehead atoms. The van der Waals surface area contributed by atoms with E-state index in [1.165, 1.54) is 5.56 Å². The summed E-state index contributed by atoms with van der Waals surface area (Å²) in [5.41, 5.74) is 2.35. The Kier molecular flexibility index (Phi) is 4.85. The Morgan fingerprint density at radius 3 is 2.68 bits per heavy atom. The molecule has 4 rings (SSSR count). The number of piperazine rings is 1. The van der Waals surface area contributed by atoms with E-state index in [0.29, 0.717) is 13.2 Å². The summed E-state index contributed by atoms with van der Waals surface area (Å²) in [6.07, 6.45) is 4.21. The standard InChI is InChI=1S/C18H27N5O2/c1-21-7-9-22(10-8-21)17-15-2-5-23(6-3-16(15)19-13-20-17)18(24)14-4-11-25-12-14/h13-14H,2-12H2,1H3/t14-/m0/s1. The van der Waals surface area contributed by atoms with Crippen molar-refractivity contribution >= 4 is 11.7 Å². The highest BCUT2D eigenvalue weighted by molar-refractivity contribution is 5.79. The zero-order valence-corrected chi connectivity index (χ0v) is 15.0. The first kappa shape index (κ1) is 16.7. The smallest absolute Gasteiger partial charge is 0.228 e. The lowest BCUT2D eigenvalue weighted by molar-refractivity contribution is -0.135. The number of anilines is 1. The molecule has 1 amide bonds. The first-order valence-corrected chi connectivity index (χ1v) is 9.35. The van der Waals surface area contributed by atoms with Gasteiger partial charge in [-0.1, -0.05) is 0 Å². The molecule has 3 aliphatic rings. The van der Waals surface area contributed by atoms with E-state index in [9.17, 15) is 4.79 Å². The van der Waals surface area contributed by atoms with E-state index < -0.39 is 0 Å². The molecule has 0 spiro atoms. The average molecular weight is 345 g/mol. The number of carbonyl (C=O) groups excluding carboxylic acids is 1. The largest absolute Gasteiger partial charge is 0.381 e. The highest BCUT2D eigenvalue weighted by Gasteiger charge is 2.30. The van der Waals surface area contributed by atoms with Crippen molar-refractivity contribution in [3.05, 3.63) is 17.6 Å². The minimum absolute atomic E-state index is 0.0457. The number of likely N-dealkylation sites (N-methyl/N-ethyl adjacent to an activating group) is 1. The second kappa shape index (κ2) is 7.25. The summed E-state index contributed by atoms with van der Waals surface area (Å²) in [4.78, 5) is 28.6. The Balaban J connectivity index is 1.49. The van der Waals surface area contributed by atoms with Gasteiger partial charge in [-0.3, -0.25) is 4.79 Å². The highest BCUT2D eigenvalue weighted by Crippen LogP contribution is 2.25. The number of amides is 1. The van der Waals surface area contributed by atoms with Gasteiger partial charge in [-0.15, -0.1) is 0 Å². The van der Waals surface area contributed by atoms with Crippen LogP contribution in [0.15, 0.2) is 6.33 Å². The third-order valence-corrected chi connectivity index (χ3v) is 5.66. The topological polar surface area (TPSA) is 61.8 Å². The first-order valence-electron chi connectivity index (χ1n) is 9.35. The van der Waals surface area contributed by atoms with Gasteiger partial charge in [0.15, 0.2) is 0 Å². The van der Waals surface area contributed by atoms with Gasteiger partial charge in [0, 0.05) is 57.9 Å². The van der Waals surface area contributed by atoms with E-state index in [0.717, 1.165) is 70.0 Å². The van der Waals surface area contributed by atoms with Crippen LogP contribution in [0.4, 0.5) is 5.82 Å². The summed E-state index contributed by atoms with van der Waals surface area (Å²) in [6.45, 7) is 6.93. The molecule has 1 aromatic rings. The highest BCUT2D eigenvalue weighted by atomic mass is 16.5. The fourth-order valence-electron chi connectivity index (χ4n) is 4.01. The Bertz CT molecular complexity index is 624. The number of aromatic nitrogens is 2. The van der Waals surface area contributed by atoms with Crippen molar-refractivity contribution in [2.24, 2.45) is 5.92 Å². The summed E-state index contributed by atoms with van der Waals surface area (Å²) in [5, 5.41) is 0. The molecule has 1 aromatic heterocycles. The van der Waals surface area contributed by atoms with Crippen LogP contribution in [0.25, 0.3) is 0 Å². The van der Waals surface area contributed by atoms with E-state index >= 15 is 0 Å². The van der Waals surface area contributed by atoms with Gasteiger partial charge in [0.2, 0.25) is 5.91 Å². The zero-order valence-electron chi connectivity index (χ0n) is 15.0. The van der Waals surface area contributed by atoms with Crippen molar-refractivity contribution < 1.29 is 9.53 Å². The molecule has 0 N–H and O–H groups in total. The molecule has 0 unspecified atom stereocenters. The quantitative estimate of drug-likeness (QED) is 0.763. The minimum atomic E-state index is 0.0457. The van der Waals surface area contributed by atoms with Crippen LogP contribution in [-0.4, -0.2) is 85.2 Å². The number of carbonyl (C=O) groups is 1. The molecular weight excluding hydrogens is 318 g/mol. The van der Waals surface area contributed by atoms with E-state index in [1.54, 1.807) is 6.33 Å². The van der Waals surface area contributed by atoms with Crippen LogP contribution in [0.1, 0.15) is 17.7 Å². The van der Waals surface area contributed by atoms with Crippen molar-refractivity contribution in [3.8, 4) is 0 Å². The Morgan fingerprint density at radius 2 is 1.92 bits per heavy atom.